The Morgan fingerprint density at radius 3 is 1.98 bits per heavy atom. The highest BCUT2D eigenvalue weighted by molar-refractivity contribution is 7.92. The first-order chi connectivity index (χ1) is 21.6. The smallest absolute Gasteiger partial charge is 0.264 e. The van der Waals surface area contributed by atoms with Gasteiger partial charge in [-0.05, 0) is 67.8 Å². The van der Waals surface area contributed by atoms with Gasteiger partial charge in [0.2, 0.25) is 11.8 Å². The molecule has 0 fully saturated rings. The lowest BCUT2D eigenvalue weighted by molar-refractivity contribution is -0.140. The second-order valence-corrected chi connectivity index (χ2v) is 12.9. The fourth-order valence-electron chi connectivity index (χ4n) is 4.92. The highest BCUT2D eigenvalue weighted by Crippen LogP contribution is 2.27. The molecule has 8 nitrogen and oxygen atoms in total. The average molecular weight is 628 g/mol. The lowest BCUT2D eigenvalue weighted by Crippen LogP contribution is -2.53. The molecule has 0 aliphatic carbocycles. The molecule has 9 heteroatoms. The minimum Gasteiger partial charge on any atom is -0.497 e. The molecule has 4 aromatic carbocycles. The van der Waals surface area contributed by atoms with Gasteiger partial charge in [-0.2, -0.15) is 0 Å². The number of nitrogens with zero attached hydrogens (tertiary/aromatic N) is 2. The maximum atomic E-state index is 14.5. The van der Waals surface area contributed by atoms with Crippen LogP contribution in [0.15, 0.2) is 108 Å². The Morgan fingerprint density at radius 2 is 1.40 bits per heavy atom. The first-order valence-corrected chi connectivity index (χ1v) is 16.5. The van der Waals surface area contributed by atoms with Crippen molar-refractivity contribution in [2.45, 2.75) is 51.1 Å². The zero-order valence-electron chi connectivity index (χ0n) is 26.3. The summed E-state index contributed by atoms with van der Waals surface area (Å²) in [7, 11) is -2.68. The van der Waals surface area contributed by atoms with Gasteiger partial charge in [-0.3, -0.25) is 13.9 Å². The van der Waals surface area contributed by atoms with E-state index in [4.69, 9.17) is 4.74 Å². The van der Waals surface area contributed by atoms with Gasteiger partial charge < -0.3 is 15.0 Å². The van der Waals surface area contributed by atoms with E-state index in [1.54, 1.807) is 36.4 Å². The summed E-state index contributed by atoms with van der Waals surface area (Å²) in [5, 5.41) is 2.96. The van der Waals surface area contributed by atoms with E-state index in [9.17, 15) is 18.0 Å². The lowest BCUT2D eigenvalue weighted by Gasteiger charge is -2.34. The van der Waals surface area contributed by atoms with Crippen LogP contribution in [0, 0.1) is 13.8 Å². The molecule has 0 aromatic heterocycles. The van der Waals surface area contributed by atoms with E-state index < -0.39 is 28.5 Å². The SMILES string of the molecule is CCCNC(=O)[C@H](Cc1ccccc1)N(Cc1ccc(C)cc1)C(=O)CN(c1ccc(C)cc1)S(=O)(=O)c1ccc(OC)cc1. The number of sulfonamides is 1. The molecule has 0 heterocycles. The normalized spacial score (nSPS) is 11.8. The molecule has 4 rings (SSSR count). The van der Waals surface area contributed by atoms with Gasteiger partial charge in [0.15, 0.2) is 0 Å². The van der Waals surface area contributed by atoms with E-state index in [1.165, 1.54) is 24.1 Å². The number of amides is 2. The minimum atomic E-state index is -4.19. The second-order valence-electron chi connectivity index (χ2n) is 11.0. The molecular formula is C36H41N3O5S. The van der Waals surface area contributed by atoms with Crippen molar-refractivity contribution in [1.29, 1.82) is 0 Å². The predicted molar refractivity (Wildman–Crippen MR) is 178 cm³/mol. The minimum absolute atomic E-state index is 0.0169. The average Bonchev–Trinajstić information content (AvgIpc) is 3.05. The van der Waals surface area contributed by atoms with E-state index in [0.717, 1.165) is 33.0 Å². The number of rotatable bonds is 14. The highest BCUT2D eigenvalue weighted by Gasteiger charge is 2.34. The van der Waals surface area contributed by atoms with Crippen LogP contribution in [-0.4, -0.2) is 51.4 Å². The van der Waals surface area contributed by atoms with Crippen LogP contribution in [0.5, 0.6) is 5.75 Å². The van der Waals surface area contributed by atoms with Gasteiger partial charge in [-0.1, -0.05) is 84.8 Å². The number of anilines is 1. The molecule has 0 aliphatic heterocycles. The third-order valence-corrected chi connectivity index (χ3v) is 9.33. The molecule has 236 valence electrons. The third-order valence-electron chi connectivity index (χ3n) is 7.54. The number of carbonyl (C=O) groups is 2. The van der Waals surface area contributed by atoms with Crippen molar-refractivity contribution in [2.24, 2.45) is 0 Å². The van der Waals surface area contributed by atoms with E-state index in [2.05, 4.69) is 5.32 Å². The van der Waals surface area contributed by atoms with Gasteiger partial charge in [0, 0.05) is 19.5 Å². The van der Waals surface area contributed by atoms with Crippen molar-refractivity contribution in [3.8, 4) is 5.75 Å². The molecule has 0 bridgehead atoms. The molecular weight excluding hydrogens is 586 g/mol. The molecule has 1 atom stereocenters. The number of carbonyl (C=O) groups excluding carboxylic acids is 2. The molecule has 45 heavy (non-hydrogen) atoms. The molecule has 0 saturated heterocycles. The van der Waals surface area contributed by atoms with Crippen LogP contribution in [0.25, 0.3) is 0 Å². The number of hydrogen-bond acceptors (Lipinski definition) is 5. The summed E-state index contributed by atoms with van der Waals surface area (Å²) in [4.78, 5) is 29.7. The van der Waals surface area contributed by atoms with Crippen molar-refractivity contribution in [3.63, 3.8) is 0 Å². The first-order valence-electron chi connectivity index (χ1n) is 15.0. The van der Waals surface area contributed by atoms with Crippen LogP contribution in [0.2, 0.25) is 0 Å². The maximum Gasteiger partial charge on any atom is 0.264 e. The Balaban J connectivity index is 1.78. The predicted octanol–water partition coefficient (Wildman–Crippen LogP) is 5.67. The molecule has 1 N–H and O–H groups in total. The monoisotopic (exact) mass is 627 g/mol. The van der Waals surface area contributed by atoms with Crippen LogP contribution in [-0.2, 0) is 32.6 Å². The zero-order chi connectivity index (χ0) is 32.4. The van der Waals surface area contributed by atoms with Crippen LogP contribution in [0.3, 0.4) is 0 Å². The summed E-state index contributed by atoms with van der Waals surface area (Å²) < 4.78 is 34.6. The quantitative estimate of drug-likeness (QED) is 0.194. The van der Waals surface area contributed by atoms with E-state index >= 15 is 0 Å². The van der Waals surface area contributed by atoms with Crippen molar-refractivity contribution in [1.82, 2.24) is 10.2 Å². The van der Waals surface area contributed by atoms with E-state index in [-0.39, 0.29) is 23.8 Å². The van der Waals surface area contributed by atoms with Crippen molar-refractivity contribution >= 4 is 27.5 Å². The molecule has 0 aliphatic rings. The summed E-state index contributed by atoms with van der Waals surface area (Å²) in [5.41, 5.74) is 4.07. The number of nitrogens with one attached hydrogen (secondary N) is 1. The largest absolute Gasteiger partial charge is 0.497 e. The molecule has 4 aromatic rings. The first kappa shape index (κ1) is 33.3. The van der Waals surface area contributed by atoms with Gasteiger partial charge in [0.25, 0.3) is 10.0 Å². The van der Waals surface area contributed by atoms with Gasteiger partial charge in [-0.25, -0.2) is 8.42 Å². The Morgan fingerprint density at radius 1 is 0.800 bits per heavy atom. The molecule has 0 saturated carbocycles. The summed E-state index contributed by atoms with van der Waals surface area (Å²) in [6, 6.07) is 29.4. The van der Waals surface area contributed by atoms with Gasteiger partial charge >= 0.3 is 0 Å². The lowest BCUT2D eigenvalue weighted by atomic mass is 10.0. The van der Waals surface area contributed by atoms with Crippen LogP contribution < -0.4 is 14.4 Å². The van der Waals surface area contributed by atoms with Gasteiger partial charge in [0.05, 0.1) is 17.7 Å². The Kier molecular flexibility index (Phi) is 11.4. The fraction of sp³-hybridized carbons (Fsp3) is 0.278. The zero-order valence-corrected chi connectivity index (χ0v) is 27.1. The van der Waals surface area contributed by atoms with E-state index in [1.807, 2.05) is 75.4 Å². The van der Waals surface area contributed by atoms with Gasteiger partial charge in [-0.15, -0.1) is 0 Å². The van der Waals surface area contributed by atoms with Crippen molar-refractivity contribution < 1.29 is 22.7 Å². The number of ether oxygens (including phenoxy) is 1. The third kappa shape index (κ3) is 8.73. The molecule has 0 radical (unpaired) electrons. The van der Waals surface area contributed by atoms with E-state index in [0.29, 0.717) is 18.0 Å². The number of methoxy groups -OCH3 is 1. The number of hydrogen-bond donors (Lipinski definition) is 1. The topological polar surface area (TPSA) is 96.0 Å². The van der Waals surface area contributed by atoms with Gasteiger partial charge in [0.1, 0.15) is 18.3 Å². The summed E-state index contributed by atoms with van der Waals surface area (Å²) in [6.45, 7) is 5.93. The highest BCUT2D eigenvalue weighted by atomic mass is 32.2. The maximum absolute atomic E-state index is 14.5. The van der Waals surface area contributed by atoms with Crippen LogP contribution in [0.1, 0.15) is 35.6 Å². The molecule has 0 unspecified atom stereocenters. The molecule has 2 amide bonds. The molecule has 0 spiro atoms. The Labute approximate surface area is 266 Å². The summed E-state index contributed by atoms with van der Waals surface area (Å²) >= 11 is 0. The fourth-order valence-corrected chi connectivity index (χ4v) is 6.34. The standard InChI is InChI=1S/C36H41N3O5S/c1-5-23-37-36(41)34(24-29-9-7-6-8-10-29)38(25-30-15-11-27(2)12-16-30)35(40)26-39(31-17-13-28(3)14-18-31)45(42,43)33-21-19-32(44-4)20-22-33/h6-22,34H,5,23-26H2,1-4H3,(H,37,41)/t34-/m0/s1. The van der Waals surface area contributed by atoms with Crippen molar-refractivity contribution in [2.75, 3.05) is 24.5 Å². The van der Waals surface area contributed by atoms with Crippen molar-refractivity contribution in [3.05, 3.63) is 125 Å². The number of aryl methyl sites for hydroxylation is 2. The van der Waals surface area contributed by atoms with Crippen LogP contribution in [0.4, 0.5) is 5.69 Å². The van der Waals surface area contributed by atoms with Crippen LogP contribution >= 0.6 is 0 Å². The Hall–Kier alpha value is -4.63. The number of benzene rings is 4. The summed E-state index contributed by atoms with van der Waals surface area (Å²) in [6.07, 6.45) is 1.00. The summed E-state index contributed by atoms with van der Waals surface area (Å²) in [5.74, 6) is -0.278. The second kappa shape index (κ2) is 15.4. The Bertz CT molecular complexity index is 1660.